The number of Topliss-reactive ketones (excluding diaryl/α,β-unsaturated/α-hetero) is 1. The Morgan fingerprint density at radius 3 is 2.16 bits per heavy atom. The molecule has 2 aromatic rings. The molecule has 3 heteroatoms. The minimum Gasteiger partial charge on any atom is -0.376 e. The zero-order chi connectivity index (χ0) is 13.5. The molecule has 0 amide bonds. The molecular weight excluding hydrogens is 241 g/mol. The molecule has 0 aliphatic carbocycles. The van der Waals surface area contributed by atoms with Crippen LogP contribution in [0.5, 0.6) is 0 Å². The first kappa shape index (κ1) is 13.0. The average Bonchev–Trinajstić information content (AvgIpc) is 2.49. The van der Waals surface area contributed by atoms with Gasteiger partial charge in [0.25, 0.3) is 0 Å². The van der Waals surface area contributed by atoms with Crippen molar-refractivity contribution in [3.05, 3.63) is 83.8 Å². The molecule has 2 nitrogen and oxygen atoms in total. The predicted octanol–water partition coefficient (Wildman–Crippen LogP) is 3.47. The Hall–Kier alpha value is -2.42. The van der Waals surface area contributed by atoms with E-state index in [-0.39, 0.29) is 11.5 Å². The third kappa shape index (κ3) is 3.52. The van der Waals surface area contributed by atoms with Crippen LogP contribution in [0.15, 0.2) is 72.7 Å². The van der Waals surface area contributed by atoms with Crippen LogP contribution < -0.4 is 5.32 Å². The van der Waals surface area contributed by atoms with Gasteiger partial charge in [-0.1, -0.05) is 60.7 Å². The number of carbonyl (C=O) groups excluding carboxylic acids is 1. The lowest BCUT2D eigenvalue weighted by molar-refractivity contribution is 0.102. The van der Waals surface area contributed by atoms with Crippen molar-refractivity contribution in [3.63, 3.8) is 0 Å². The van der Waals surface area contributed by atoms with E-state index in [0.29, 0.717) is 18.4 Å². The van der Waals surface area contributed by atoms with Gasteiger partial charge in [0.1, 0.15) is 12.0 Å². The highest BCUT2D eigenvalue weighted by atomic mass is 19.1. The fourth-order valence-electron chi connectivity index (χ4n) is 1.71. The van der Waals surface area contributed by atoms with Gasteiger partial charge in [0.05, 0.1) is 0 Å². The highest BCUT2D eigenvalue weighted by Crippen LogP contribution is 2.08. The highest BCUT2D eigenvalue weighted by Gasteiger charge is 2.11. The summed E-state index contributed by atoms with van der Waals surface area (Å²) >= 11 is 0. The molecule has 0 bridgehead atoms. The maximum Gasteiger partial charge on any atom is 0.211 e. The normalized spacial score (nSPS) is 11.1. The second-order valence-electron chi connectivity index (χ2n) is 4.06. The number of ketones is 1. The quantitative estimate of drug-likeness (QED) is 0.654. The SMILES string of the molecule is O=C(C(=CF)NCc1ccccc1)c1ccccc1. The van der Waals surface area contributed by atoms with E-state index < -0.39 is 0 Å². The fourth-order valence-corrected chi connectivity index (χ4v) is 1.71. The van der Waals surface area contributed by atoms with Crippen LogP contribution in [0, 0.1) is 0 Å². The summed E-state index contributed by atoms with van der Waals surface area (Å²) in [4.78, 5) is 12.0. The van der Waals surface area contributed by atoms with Crippen LogP contribution in [0.2, 0.25) is 0 Å². The molecule has 0 atom stereocenters. The summed E-state index contributed by atoms with van der Waals surface area (Å²) in [5, 5.41) is 2.82. The summed E-state index contributed by atoms with van der Waals surface area (Å²) in [5.74, 6) is -0.348. The first-order valence-corrected chi connectivity index (χ1v) is 5.99. The van der Waals surface area contributed by atoms with Crippen molar-refractivity contribution in [3.8, 4) is 0 Å². The van der Waals surface area contributed by atoms with Gasteiger partial charge in [0.2, 0.25) is 5.78 Å². The molecule has 0 fully saturated rings. The van der Waals surface area contributed by atoms with Crippen molar-refractivity contribution >= 4 is 5.78 Å². The number of nitrogens with one attached hydrogen (secondary N) is 1. The van der Waals surface area contributed by atoms with Gasteiger partial charge in [-0.25, -0.2) is 4.39 Å². The lowest BCUT2D eigenvalue weighted by atomic mass is 10.1. The van der Waals surface area contributed by atoms with Crippen LogP contribution in [-0.2, 0) is 6.54 Å². The third-order valence-corrected chi connectivity index (χ3v) is 2.72. The topological polar surface area (TPSA) is 29.1 Å². The van der Waals surface area contributed by atoms with E-state index in [1.54, 1.807) is 24.3 Å². The second kappa shape index (κ2) is 6.50. The van der Waals surface area contributed by atoms with Crippen molar-refractivity contribution in [2.75, 3.05) is 0 Å². The number of halogens is 1. The van der Waals surface area contributed by atoms with E-state index in [2.05, 4.69) is 5.32 Å². The zero-order valence-electron chi connectivity index (χ0n) is 10.3. The van der Waals surface area contributed by atoms with E-state index in [9.17, 15) is 9.18 Å². The molecule has 1 N–H and O–H groups in total. The van der Waals surface area contributed by atoms with Crippen LogP contribution in [0.1, 0.15) is 15.9 Å². The predicted molar refractivity (Wildman–Crippen MR) is 73.2 cm³/mol. The van der Waals surface area contributed by atoms with Gasteiger partial charge in [-0.2, -0.15) is 0 Å². The van der Waals surface area contributed by atoms with Crippen molar-refractivity contribution in [2.24, 2.45) is 0 Å². The molecule has 0 saturated heterocycles. The smallest absolute Gasteiger partial charge is 0.211 e. The minimum atomic E-state index is -0.348. The number of carbonyl (C=O) groups is 1. The van der Waals surface area contributed by atoms with Gasteiger partial charge in [-0.3, -0.25) is 4.79 Å². The largest absolute Gasteiger partial charge is 0.376 e. The Kier molecular flexibility index (Phi) is 4.45. The molecule has 0 saturated carbocycles. The Balaban J connectivity index is 2.04. The van der Waals surface area contributed by atoms with Crippen molar-refractivity contribution in [2.45, 2.75) is 6.54 Å². The Bertz CT molecular complexity index is 564. The minimum absolute atomic E-state index is 0.0324. The fraction of sp³-hybridized carbons (Fsp3) is 0.0625. The Labute approximate surface area is 111 Å². The van der Waals surface area contributed by atoms with Gasteiger partial charge in [-0.15, -0.1) is 0 Å². The summed E-state index contributed by atoms with van der Waals surface area (Å²) in [7, 11) is 0. The lowest BCUT2D eigenvalue weighted by Crippen LogP contribution is -2.20. The molecular formula is C16H14FNO. The van der Waals surface area contributed by atoms with Gasteiger partial charge >= 0.3 is 0 Å². The summed E-state index contributed by atoms with van der Waals surface area (Å²) < 4.78 is 12.9. The molecule has 2 rings (SSSR count). The monoisotopic (exact) mass is 255 g/mol. The zero-order valence-corrected chi connectivity index (χ0v) is 10.3. The van der Waals surface area contributed by atoms with E-state index in [0.717, 1.165) is 5.56 Å². The molecule has 0 aliphatic heterocycles. The Morgan fingerprint density at radius 2 is 1.58 bits per heavy atom. The van der Waals surface area contributed by atoms with Crippen LogP contribution in [0.25, 0.3) is 0 Å². The lowest BCUT2D eigenvalue weighted by Gasteiger charge is -2.08. The number of hydrogen-bond donors (Lipinski definition) is 1. The summed E-state index contributed by atoms with van der Waals surface area (Å²) in [6.45, 7) is 0.412. The standard InChI is InChI=1S/C16H14FNO/c17-11-15(16(19)14-9-5-2-6-10-14)18-12-13-7-3-1-4-8-13/h1-11,18H,12H2. The van der Waals surface area contributed by atoms with E-state index in [4.69, 9.17) is 0 Å². The molecule has 0 heterocycles. The summed E-state index contributed by atoms with van der Waals surface area (Å²) in [5.41, 5.74) is 1.42. The number of allylic oxidation sites excluding steroid dienone is 1. The molecule has 0 radical (unpaired) electrons. The number of rotatable bonds is 5. The highest BCUT2D eigenvalue weighted by molar-refractivity contribution is 6.08. The Morgan fingerprint density at radius 1 is 1.00 bits per heavy atom. The summed E-state index contributed by atoms with van der Waals surface area (Å²) in [6, 6.07) is 18.2. The van der Waals surface area contributed by atoms with Gasteiger partial charge < -0.3 is 5.32 Å². The van der Waals surface area contributed by atoms with Crippen LogP contribution >= 0.6 is 0 Å². The molecule has 0 spiro atoms. The molecule has 96 valence electrons. The number of hydrogen-bond acceptors (Lipinski definition) is 2. The first-order valence-electron chi connectivity index (χ1n) is 5.99. The van der Waals surface area contributed by atoms with Gasteiger partial charge in [0, 0.05) is 12.1 Å². The van der Waals surface area contributed by atoms with Crippen molar-refractivity contribution in [1.82, 2.24) is 5.32 Å². The second-order valence-corrected chi connectivity index (χ2v) is 4.06. The van der Waals surface area contributed by atoms with Crippen LogP contribution in [-0.4, -0.2) is 5.78 Å². The van der Waals surface area contributed by atoms with Gasteiger partial charge in [0.15, 0.2) is 0 Å². The number of benzene rings is 2. The first-order chi connectivity index (χ1) is 9.31. The summed E-state index contributed by atoms with van der Waals surface area (Å²) in [6.07, 6.45) is 0.318. The molecule has 2 aromatic carbocycles. The average molecular weight is 255 g/mol. The van der Waals surface area contributed by atoms with E-state index in [1.165, 1.54) is 0 Å². The molecule has 0 aliphatic rings. The van der Waals surface area contributed by atoms with E-state index in [1.807, 2.05) is 36.4 Å². The van der Waals surface area contributed by atoms with Crippen molar-refractivity contribution < 1.29 is 9.18 Å². The molecule has 0 aromatic heterocycles. The van der Waals surface area contributed by atoms with Crippen LogP contribution in [0.4, 0.5) is 4.39 Å². The van der Waals surface area contributed by atoms with Crippen LogP contribution in [0.3, 0.4) is 0 Å². The third-order valence-electron chi connectivity index (χ3n) is 2.72. The van der Waals surface area contributed by atoms with Crippen molar-refractivity contribution in [1.29, 1.82) is 0 Å². The molecule has 0 unspecified atom stereocenters. The maximum atomic E-state index is 12.9. The maximum absolute atomic E-state index is 12.9. The molecule has 19 heavy (non-hydrogen) atoms. The van der Waals surface area contributed by atoms with E-state index >= 15 is 0 Å². The van der Waals surface area contributed by atoms with Gasteiger partial charge in [-0.05, 0) is 5.56 Å².